The number of hydrogen-bond donors (Lipinski definition) is 1. The number of nitro groups is 1. The Kier molecular flexibility index (Phi) is 3.52. The predicted octanol–water partition coefficient (Wildman–Crippen LogP) is 2.11. The number of nitro benzene ring substituents is 1. The van der Waals surface area contributed by atoms with Crippen LogP contribution in [0.1, 0.15) is 18.9 Å². The fraction of sp³-hybridized carbons (Fsp3) is 0.538. The summed E-state index contributed by atoms with van der Waals surface area (Å²) in [6, 6.07) is 5.32. The van der Waals surface area contributed by atoms with Crippen molar-refractivity contribution >= 4 is 11.4 Å². The molecule has 0 aromatic heterocycles. The van der Waals surface area contributed by atoms with Gasteiger partial charge >= 0.3 is 0 Å². The molecule has 5 heteroatoms. The molecule has 1 aliphatic rings. The van der Waals surface area contributed by atoms with E-state index in [2.05, 4.69) is 0 Å². The smallest absolute Gasteiger partial charge is 0.295 e. The van der Waals surface area contributed by atoms with Crippen molar-refractivity contribution in [2.45, 2.75) is 26.4 Å². The zero-order valence-electron chi connectivity index (χ0n) is 10.7. The molecule has 0 radical (unpaired) electrons. The van der Waals surface area contributed by atoms with Crippen molar-refractivity contribution in [3.05, 3.63) is 33.9 Å². The van der Waals surface area contributed by atoms with Crippen LogP contribution in [0.2, 0.25) is 0 Å². The quantitative estimate of drug-likeness (QED) is 0.645. The average molecular weight is 250 g/mol. The van der Waals surface area contributed by atoms with E-state index >= 15 is 0 Å². The van der Waals surface area contributed by atoms with Gasteiger partial charge < -0.3 is 10.0 Å². The second-order valence-electron chi connectivity index (χ2n) is 4.98. The third-order valence-electron chi connectivity index (χ3n) is 3.66. The summed E-state index contributed by atoms with van der Waals surface area (Å²) >= 11 is 0. The first-order chi connectivity index (χ1) is 8.50. The maximum atomic E-state index is 11.1. The fourth-order valence-electron chi connectivity index (χ4n) is 2.40. The minimum absolute atomic E-state index is 0.152. The molecule has 1 fully saturated rings. The Balaban J connectivity index is 2.34. The molecule has 5 nitrogen and oxygen atoms in total. The van der Waals surface area contributed by atoms with Crippen LogP contribution >= 0.6 is 0 Å². The minimum Gasteiger partial charge on any atom is -0.391 e. The Labute approximate surface area is 106 Å². The molecule has 1 aromatic carbocycles. The van der Waals surface area contributed by atoms with E-state index in [1.807, 2.05) is 17.9 Å². The van der Waals surface area contributed by atoms with Crippen LogP contribution in [0, 0.1) is 23.0 Å². The zero-order chi connectivity index (χ0) is 13.3. The molecule has 0 bridgehead atoms. The molecule has 2 unspecified atom stereocenters. The third-order valence-corrected chi connectivity index (χ3v) is 3.66. The highest BCUT2D eigenvalue weighted by Gasteiger charge is 2.29. The van der Waals surface area contributed by atoms with Crippen molar-refractivity contribution in [1.29, 1.82) is 0 Å². The summed E-state index contributed by atoms with van der Waals surface area (Å²) in [5.74, 6) is 0.255. The number of anilines is 1. The molecule has 1 heterocycles. The van der Waals surface area contributed by atoms with Gasteiger partial charge in [-0.05, 0) is 25.3 Å². The minimum atomic E-state index is -0.418. The van der Waals surface area contributed by atoms with Crippen LogP contribution in [0.3, 0.4) is 0 Å². The van der Waals surface area contributed by atoms with Crippen molar-refractivity contribution in [2.75, 3.05) is 18.0 Å². The van der Waals surface area contributed by atoms with Crippen LogP contribution < -0.4 is 4.90 Å². The largest absolute Gasteiger partial charge is 0.391 e. The molecule has 2 atom stereocenters. The lowest BCUT2D eigenvalue weighted by Crippen LogP contribution is -2.43. The normalized spacial score (nSPS) is 24.1. The van der Waals surface area contributed by atoms with Gasteiger partial charge in [-0.3, -0.25) is 10.1 Å². The third kappa shape index (κ3) is 2.31. The Morgan fingerprint density at radius 1 is 1.50 bits per heavy atom. The van der Waals surface area contributed by atoms with E-state index in [1.165, 1.54) is 0 Å². The van der Waals surface area contributed by atoms with Crippen LogP contribution in [-0.4, -0.2) is 29.2 Å². The Hall–Kier alpha value is -1.62. The van der Waals surface area contributed by atoms with Gasteiger partial charge in [0.2, 0.25) is 0 Å². The van der Waals surface area contributed by atoms with Gasteiger partial charge in [0.05, 0.1) is 11.0 Å². The van der Waals surface area contributed by atoms with Gasteiger partial charge in [-0.2, -0.15) is 0 Å². The molecule has 98 valence electrons. The number of nitrogens with zero attached hydrogens (tertiary/aromatic N) is 2. The number of benzene rings is 1. The van der Waals surface area contributed by atoms with Crippen molar-refractivity contribution in [3.63, 3.8) is 0 Å². The van der Waals surface area contributed by atoms with Crippen LogP contribution in [-0.2, 0) is 0 Å². The van der Waals surface area contributed by atoms with Crippen LogP contribution in [0.4, 0.5) is 11.4 Å². The van der Waals surface area contributed by atoms with Gasteiger partial charge in [0.15, 0.2) is 0 Å². The van der Waals surface area contributed by atoms with Crippen molar-refractivity contribution in [3.8, 4) is 0 Å². The maximum Gasteiger partial charge on any atom is 0.295 e. The van der Waals surface area contributed by atoms with Gasteiger partial charge in [-0.1, -0.05) is 19.1 Å². The van der Waals surface area contributed by atoms with Crippen molar-refractivity contribution in [1.82, 2.24) is 0 Å². The average Bonchev–Trinajstić information content (AvgIpc) is 2.32. The van der Waals surface area contributed by atoms with Gasteiger partial charge in [0, 0.05) is 18.7 Å². The number of aliphatic hydroxyl groups is 1. The van der Waals surface area contributed by atoms with E-state index in [0.29, 0.717) is 17.8 Å². The highest BCUT2D eigenvalue weighted by Crippen LogP contribution is 2.33. The SMILES string of the molecule is Cc1cccc(N2CCC(C)C(O)C2)c1[N+](=O)[O-]. The zero-order valence-corrected chi connectivity index (χ0v) is 10.7. The van der Waals surface area contributed by atoms with Gasteiger partial charge in [-0.25, -0.2) is 0 Å². The van der Waals surface area contributed by atoms with Gasteiger partial charge in [-0.15, -0.1) is 0 Å². The van der Waals surface area contributed by atoms with Gasteiger partial charge in [0.1, 0.15) is 5.69 Å². The second-order valence-corrected chi connectivity index (χ2v) is 4.98. The molecule has 1 aliphatic heterocycles. The molecule has 18 heavy (non-hydrogen) atoms. The molecule has 0 saturated carbocycles. The Bertz CT molecular complexity index is 462. The lowest BCUT2D eigenvalue weighted by molar-refractivity contribution is -0.384. The number of aliphatic hydroxyl groups excluding tert-OH is 1. The summed E-state index contributed by atoms with van der Waals surface area (Å²) in [4.78, 5) is 12.7. The number of aryl methyl sites for hydroxylation is 1. The van der Waals surface area contributed by atoms with Crippen molar-refractivity contribution in [2.24, 2.45) is 5.92 Å². The van der Waals surface area contributed by atoms with E-state index in [0.717, 1.165) is 13.0 Å². The summed E-state index contributed by atoms with van der Waals surface area (Å²) in [7, 11) is 0. The molecule has 1 aromatic rings. The van der Waals surface area contributed by atoms with E-state index in [-0.39, 0.29) is 16.5 Å². The molecular weight excluding hydrogens is 232 g/mol. The Morgan fingerprint density at radius 3 is 2.83 bits per heavy atom. The van der Waals surface area contributed by atoms with Gasteiger partial charge in [0.25, 0.3) is 5.69 Å². The standard InChI is InChI=1S/C13H18N2O3/c1-9-6-7-14(8-12(9)16)11-5-3-4-10(2)13(11)15(17)18/h3-5,9,12,16H,6-8H2,1-2H3. The first-order valence-electron chi connectivity index (χ1n) is 6.17. The highest BCUT2D eigenvalue weighted by molar-refractivity contribution is 5.66. The Morgan fingerprint density at radius 2 is 2.22 bits per heavy atom. The number of β-amino-alcohol motifs (C(OH)–C–C–N with tert-alkyl or cyclic N) is 1. The molecule has 0 aliphatic carbocycles. The molecular formula is C13H18N2O3. The number of rotatable bonds is 2. The monoisotopic (exact) mass is 250 g/mol. The lowest BCUT2D eigenvalue weighted by atomic mass is 9.95. The summed E-state index contributed by atoms with van der Waals surface area (Å²) in [5, 5.41) is 21.0. The predicted molar refractivity (Wildman–Crippen MR) is 69.8 cm³/mol. The molecule has 1 saturated heterocycles. The van der Waals surface area contributed by atoms with Crippen LogP contribution in [0.15, 0.2) is 18.2 Å². The topological polar surface area (TPSA) is 66.6 Å². The van der Waals surface area contributed by atoms with Crippen molar-refractivity contribution < 1.29 is 10.0 Å². The summed E-state index contributed by atoms with van der Waals surface area (Å²) in [6.07, 6.45) is 0.436. The number of hydrogen-bond acceptors (Lipinski definition) is 4. The van der Waals surface area contributed by atoms with E-state index in [4.69, 9.17) is 0 Å². The molecule has 0 spiro atoms. The molecule has 1 N–H and O–H groups in total. The summed E-state index contributed by atoms with van der Waals surface area (Å²) in [6.45, 7) is 4.96. The summed E-state index contributed by atoms with van der Waals surface area (Å²) in [5.41, 5.74) is 1.43. The second kappa shape index (κ2) is 4.94. The fourth-order valence-corrected chi connectivity index (χ4v) is 2.40. The van der Waals surface area contributed by atoms with E-state index in [1.54, 1.807) is 19.1 Å². The first-order valence-corrected chi connectivity index (χ1v) is 6.17. The molecule has 2 rings (SSSR count). The van der Waals surface area contributed by atoms with E-state index < -0.39 is 6.10 Å². The van der Waals surface area contributed by atoms with Crippen LogP contribution in [0.25, 0.3) is 0 Å². The summed E-state index contributed by atoms with van der Waals surface area (Å²) < 4.78 is 0. The number of piperidine rings is 1. The van der Waals surface area contributed by atoms with Crippen LogP contribution in [0.5, 0.6) is 0 Å². The van der Waals surface area contributed by atoms with E-state index in [9.17, 15) is 15.2 Å². The lowest BCUT2D eigenvalue weighted by Gasteiger charge is -2.35. The molecule has 0 amide bonds. The highest BCUT2D eigenvalue weighted by atomic mass is 16.6. The maximum absolute atomic E-state index is 11.1. The first kappa shape index (κ1) is 12.8. The number of para-hydroxylation sites is 1.